The number of furan rings is 1. The summed E-state index contributed by atoms with van der Waals surface area (Å²) in [5.41, 5.74) is 1.41. The minimum absolute atomic E-state index is 0.0502. The van der Waals surface area contributed by atoms with E-state index in [1.54, 1.807) is 60.7 Å². The maximum Gasteiger partial charge on any atom is 0.294 e. The summed E-state index contributed by atoms with van der Waals surface area (Å²) in [7, 11) is 1.47. The number of nitrogens with zero attached hydrogens (tertiary/aromatic N) is 1. The predicted octanol–water partition coefficient (Wildman–Crippen LogP) is 6.28. The Kier molecular flexibility index (Phi) is 6.16. The summed E-state index contributed by atoms with van der Waals surface area (Å²) in [5.74, 6) is -0.961. The monoisotopic (exact) mass is 503 g/mol. The number of rotatable bonds is 7. The zero-order valence-electron chi connectivity index (χ0n) is 19.5. The van der Waals surface area contributed by atoms with Crippen molar-refractivity contribution in [2.45, 2.75) is 13.0 Å². The van der Waals surface area contributed by atoms with Gasteiger partial charge in [-0.15, -0.1) is 0 Å². The maximum atomic E-state index is 13.8. The molecule has 4 aromatic rings. The van der Waals surface area contributed by atoms with E-state index in [1.807, 2.05) is 13.0 Å². The van der Waals surface area contributed by atoms with Gasteiger partial charge in [0.25, 0.3) is 5.91 Å². The Balaban J connectivity index is 1.64. The summed E-state index contributed by atoms with van der Waals surface area (Å²) in [6, 6.07) is 19.8. The number of methoxy groups -OCH3 is 1. The van der Waals surface area contributed by atoms with E-state index in [1.165, 1.54) is 18.1 Å². The molecule has 3 aromatic carbocycles. The lowest BCUT2D eigenvalue weighted by atomic mass is 9.94. The molecular formula is C28H22ClNO6. The fourth-order valence-electron chi connectivity index (χ4n) is 4.40. The highest BCUT2D eigenvalue weighted by molar-refractivity contribution is 6.31. The number of halogens is 1. The Hall–Kier alpha value is -4.23. The number of fused-ring (bicyclic) bond motifs is 1. The number of Topliss-reactive ketones (excluding diaryl/α,β-unsaturated/α-hetero) is 1. The normalized spacial score (nSPS) is 15.6. The Morgan fingerprint density at radius 1 is 1.08 bits per heavy atom. The van der Waals surface area contributed by atoms with Crippen LogP contribution in [-0.2, 0) is 4.79 Å². The zero-order valence-corrected chi connectivity index (χ0v) is 20.3. The van der Waals surface area contributed by atoms with Crippen LogP contribution in [0.5, 0.6) is 11.5 Å². The zero-order chi connectivity index (χ0) is 25.4. The Morgan fingerprint density at radius 3 is 2.47 bits per heavy atom. The molecule has 0 spiro atoms. The molecule has 1 N–H and O–H groups in total. The third-order valence-corrected chi connectivity index (χ3v) is 6.20. The van der Waals surface area contributed by atoms with Gasteiger partial charge in [-0.1, -0.05) is 41.9 Å². The van der Waals surface area contributed by atoms with Crippen LogP contribution >= 0.6 is 11.6 Å². The second-order valence-corrected chi connectivity index (χ2v) is 8.58. The summed E-state index contributed by atoms with van der Waals surface area (Å²) in [4.78, 5) is 28.5. The molecule has 1 atom stereocenters. The van der Waals surface area contributed by atoms with Gasteiger partial charge in [-0.25, -0.2) is 0 Å². The summed E-state index contributed by atoms with van der Waals surface area (Å²) < 4.78 is 16.7. The fraction of sp³-hybridized carbons (Fsp3) is 0.143. The van der Waals surface area contributed by atoms with E-state index in [2.05, 4.69) is 0 Å². The number of anilines is 1. The van der Waals surface area contributed by atoms with Crippen molar-refractivity contribution in [2.24, 2.45) is 0 Å². The van der Waals surface area contributed by atoms with Crippen molar-refractivity contribution in [1.29, 1.82) is 0 Å². The van der Waals surface area contributed by atoms with E-state index in [-0.39, 0.29) is 11.3 Å². The molecular weight excluding hydrogens is 482 g/mol. The van der Waals surface area contributed by atoms with Gasteiger partial charge in [-0.05, 0) is 48.9 Å². The number of aliphatic hydroxyl groups is 1. The van der Waals surface area contributed by atoms with Crippen molar-refractivity contribution in [3.05, 3.63) is 100 Å². The summed E-state index contributed by atoms with van der Waals surface area (Å²) in [5, 5.41) is 11.9. The number of carbonyl (C=O) groups is 2. The standard InChI is InChI=1S/C28H22ClNO6/c1-3-35-20-11-9-16(10-12-20)24-23(26(32)28(33)30(24)19-7-5-4-6-8-19)25(31)21-14-17-13-18(29)15-22(34-2)27(17)36-21/h4-15,24,32H,3H2,1-2H3. The van der Waals surface area contributed by atoms with E-state index >= 15 is 0 Å². The average molecular weight is 504 g/mol. The van der Waals surface area contributed by atoms with Gasteiger partial charge in [0.1, 0.15) is 5.75 Å². The second-order valence-electron chi connectivity index (χ2n) is 8.14. The number of hydrogen-bond donors (Lipinski definition) is 1. The van der Waals surface area contributed by atoms with Crippen LogP contribution in [0.1, 0.15) is 29.1 Å². The molecule has 0 bridgehead atoms. The molecule has 0 saturated heterocycles. The van der Waals surface area contributed by atoms with Crippen LogP contribution in [-0.4, -0.2) is 30.5 Å². The topological polar surface area (TPSA) is 89.2 Å². The van der Waals surface area contributed by atoms with Gasteiger partial charge < -0.3 is 19.0 Å². The highest BCUT2D eigenvalue weighted by Gasteiger charge is 2.45. The number of amides is 1. The number of aliphatic hydroxyl groups excluding tert-OH is 1. The number of ether oxygens (including phenoxy) is 2. The first kappa shape index (κ1) is 23.5. The van der Waals surface area contributed by atoms with Crippen LogP contribution in [0, 0.1) is 0 Å². The van der Waals surface area contributed by atoms with Gasteiger partial charge in [-0.2, -0.15) is 0 Å². The number of carbonyl (C=O) groups excluding carboxylic acids is 2. The molecule has 2 heterocycles. The molecule has 1 unspecified atom stereocenters. The van der Waals surface area contributed by atoms with Crippen molar-refractivity contribution in [3.63, 3.8) is 0 Å². The number of ketones is 1. The Bertz CT molecular complexity index is 1490. The summed E-state index contributed by atoms with van der Waals surface area (Å²) >= 11 is 6.17. The minimum atomic E-state index is -0.887. The molecule has 1 aromatic heterocycles. The Labute approximate surface area is 212 Å². The lowest BCUT2D eigenvalue weighted by Gasteiger charge is -2.26. The van der Waals surface area contributed by atoms with Crippen molar-refractivity contribution in [3.8, 4) is 11.5 Å². The van der Waals surface area contributed by atoms with Crippen molar-refractivity contribution >= 4 is 39.9 Å². The quantitative estimate of drug-likeness (QED) is 0.299. The maximum absolute atomic E-state index is 13.8. The highest BCUT2D eigenvalue weighted by atomic mass is 35.5. The van der Waals surface area contributed by atoms with Crippen molar-refractivity contribution < 1.29 is 28.6 Å². The highest BCUT2D eigenvalue weighted by Crippen LogP contribution is 2.43. The second kappa shape index (κ2) is 9.43. The third kappa shape index (κ3) is 3.97. The average Bonchev–Trinajstić information content (AvgIpc) is 3.43. The number of hydrogen-bond acceptors (Lipinski definition) is 6. The van der Waals surface area contributed by atoms with Crippen LogP contribution in [0.25, 0.3) is 11.0 Å². The van der Waals surface area contributed by atoms with Gasteiger partial charge in [0.15, 0.2) is 22.9 Å². The van der Waals surface area contributed by atoms with E-state index < -0.39 is 23.5 Å². The molecule has 36 heavy (non-hydrogen) atoms. The van der Waals surface area contributed by atoms with E-state index in [9.17, 15) is 14.7 Å². The number of benzene rings is 3. The van der Waals surface area contributed by atoms with Gasteiger partial charge in [0.2, 0.25) is 5.78 Å². The SMILES string of the molecule is CCOc1ccc(C2C(C(=O)c3cc4cc(Cl)cc(OC)c4o3)=C(O)C(=O)N2c2ccccc2)cc1. The summed E-state index contributed by atoms with van der Waals surface area (Å²) in [6.07, 6.45) is 0. The van der Waals surface area contributed by atoms with Gasteiger partial charge >= 0.3 is 0 Å². The number of para-hydroxylation sites is 1. The minimum Gasteiger partial charge on any atom is -0.503 e. The van der Waals surface area contributed by atoms with Crippen LogP contribution < -0.4 is 14.4 Å². The van der Waals surface area contributed by atoms with Crippen molar-refractivity contribution in [2.75, 3.05) is 18.6 Å². The van der Waals surface area contributed by atoms with E-state index in [4.69, 9.17) is 25.5 Å². The Morgan fingerprint density at radius 2 is 1.81 bits per heavy atom. The molecule has 5 rings (SSSR count). The van der Waals surface area contributed by atoms with Gasteiger partial charge in [-0.3, -0.25) is 14.5 Å². The molecule has 0 saturated carbocycles. The van der Waals surface area contributed by atoms with Crippen LogP contribution in [0.2, 0.25) is 5.02 Å². The van der Waals surface area contributed by atoms with E-state index in [0.717, 1.165) is 0 Å². The lowest BCUT2D eigenvalue weighted by Crippen LogP contribution is -2.31. The summed E-state index contributed by atoms with van der Waals surface area (Å²) in [6.45, 7) is 2.38. The lowest BCUT2D eigenvalue weighted by molar-refractivity contribution is -0.117. The molecule has 1 aliphatic heterocycles. The fourth-order valence-corrected chi connectivity index (χ4v) is 4.62. The van der Waals surface area contributed by atoms with Gasteiger partial charge in [0, 0.05) is 22.2 Å². The van der Waals surface area contributed by atoms with Crippen molar-refractivity contribution in [1.82, 2.24) is 0 Å². The predicted molar refractivity (Wildman–Crippen MR) is 136 cm³/mol. The largest absolute Gasteiger partial charge is 0.503 e. The smallest absolute Gasteiger partial charge is 0.294 e. The van der Waals surface area contributed by atoms with Crippen LogP contribution in [0.15, 0.2) is 88.5 Å². The third-order valence-electron chi connectivity index (χ3n) is 5.98. The molecule has 8 heteroatoms. The van der Waals surface area contributed by atoms with Crippen LogP contribution in [0.4, 0.5) is 5.69 Å². The molecule has 1 aliphatic rings. The first-order valence-corrected chi connectivity index (χ1v) is 11.7. The molecule has 7 nitrogen and oxygen atoms in total. The molecule has 0 fully saturated rings. The molecule has 0 aliphatic carbocycles. The first-order chi connectivity index (χ1) is 17.4. The van der Waals surface area contributed by atoms with Crippen LogP contribution in [0.3, 0.4) is 0 Å². The van der Waals surface area contributed by atoms with E-state index in [0.29, 0.717) is 45.3 Å². The molecule has 182 valence electrons. The molecule has 1 amide bonds. The molecule has 0 radical (unpaired) electrons. The van der Waals surface area contributed by atoms with Gasteiger partial charge in [0.05, 0.1) is 25.3 Å². The first-order valence-electron chi connectivity index (χ1n) is 11.3.